The minimum atomic E-state index is 0.230. The summed E-state index contributed by atoms with van der Waals surface area (Å²) >= 11 is 0. The molecule has 2 atom stereocenters. The molecule has 96 valence electrons. The molecule has 4 nitrogen and oxygen atoms in total. The van der Waals surface area contributed by atoms with Gasteiger partial charge in [0.2, 0.25) is 0 Å². The molecule has 4 heteroatoms. The summed E-state index contributed by atoms with van der Waals surface area (Å²) in [7, 11) is 3.77. The first-order chi connectivity index (χ1) is 8.26. The highest BCUT2D eigenvalue weighted by molar-refractivity contribution is 5.10. The summed E-state index contributed by atoms with van der Waals surface area (Å²) in [5.41, 5.74) is 1.10. The fraction of sp³-hybridized carbons (Fsp3) is 0.769. The smallest absolute Gasteiger partial charge is 0.0820 e. The number of nitrogens with one attached hydrogen (secondary N) is 1. The van der Waals surface area contributed by atoms with Crippen molar-refractivity contribution in [3.63, 3.8) is 0 Å². The number of nitrogens with zero attached hydrogens (tertiary/aromatic N) is 2. The summed E-state index contributed by atoms with van der Waals surface area (Å²) in [5, 5.41) is 8.09. The molecule has 0 bridgehead atoms. The van der Waals surface area contributed by atoms with Gasteiger partial charge in [-0.2, -0.15) is 5.10 Å². The van der Waals surface area contributed by atoms with Gasteiger partial charge in [-0.15, -0.1) is 0 Å². The van der Waals surface area contributed by atoms with E-state index in [2.05, 4.69) is 23.4 Å². The van der Waals surface area contributed by atoms with Crippen molar-refractivity contribution in [1.82, 2.24) is 15.1 Å². The van der Waals surface area contributed by atoms with Crippen LogP contribution in [0.15, 0.2) is 12.3 Å². The summed E-state index contributed by atoms with van der Waals surface area (Å²) in [4.78, 5) is 0. The molecule has 1 N–H and O–H groups in total. The number of ether oxygens (including phenoxy) is 1. The predicted octanol–water partition coefficient (Wildman–Crippen LogP) is 1.89. The van der Waals surface area contributed by atoms with E-state index in [4.69, 9.17) is 4.74 Å². The van der Waals surface area contributed by atoms with Gasteiger partial charge in [0.25, 0.3) is 0 Å². The van der Waals surface area contributed by atoms with Crippen LogP contribution in [0, 0.1) is 5.92 Å². The van der Waals surface area contributed by atoms with Crippen LogP contribution < -0.4 is 5.32 Å². The highest BCUT2D eigenvalue weighted by Crippen LogP contribution is 2.39. The summed E-state index contributed by atoms with van der Waals surface area (Å²) in [6.45, 7) is 3.19. The molecular formula is C13H23N3O. The number of hydrogen-bond donors (Lipinski definition) is 1. The second kappa shape index (κ2) is 5.65. The Bertz CT molecular complexity index is 346. The molecule has 1 aromatic heterocycles. The van der Waals surface area contributed by atoms with Crippen molar-refractivity contribution in [1.29, 1.82) is 0 Å². The van der Waals surface area contributed by atoms with Gasteiger partial charge < -0.3 is 10.1 Å². The monoisotopic (exact) mass is 237 g/mol. The van der Waals surface area contributed by atoms with Crippen LogP contribution in [-0.2, 0) is 11.8 Å². The number of methoxy groups -OCH3 is 1. The Morgan fingerprint density at radius 2 is 2.35 bits per heavy atom. The second-order valence-corrected chi connectivity index (χ2v) is 4.88. The van der Waals surface area contributed by atoms with Crippen molar-refractivity contribution in [2.45, 2.75) is 38.3 Å². The van der Waals surface area contributed by atoms with Crippen molar-refractivity contribution >= 4 is 0 Å². The molecule has 0 aromatic carbocycles. The molecule has 0 aliphatic heterocycles. The van der Waals surface area contributed by atoms with E-state index in [0.717, 1.165) is 18.7 Å². The third kappa shape index (κ3) is 3.07. The molecule has 0 saturated heterocycles. The van der Waals surface area contributed by atoms with Gasteiger partial charge in [-0.1, -0.05) is 6.92 Å². The Morgan fingerprint density at radius 3 is 2.82 bits per heavy atom. The maximum absolute atomic E-state index is 5.69. The van der Waals surface area contributed by atoms with E-state index >= 15 is 0 Å². The van der Waals surface area contributed by atoms with Crippen LogP contribution in [0.1, 0.15) is 37.9 Å². The Balaban J connectivity index is 2.11. The third-order valence-corrected chi connectivity index (χ3v) is 3.35. The maximum atomic E-state index is 5.69. The quantitative estimate of drug-likeness (QED) is 0.787. The molecule has 1 heterocycles. The topological polar surface area (TPSA) is 39.1 Å². The third-order valence-electron chi connectivity index (χ3n) is 3.35. The largest absolute Gasteiger partial charge is 0.379 e. The fourth-order valence-electron chi connectivity index (χ4n) is 2.31. The Labute approximate surface area is 103 Å². The van der Waals surface area contributed by atoms with Crippen molar-refractivity contribution < 1.29 is 4.74 Å². The SMILES string of the molecule is CCCNC(c1ccn(C)n1)C(OC)C1CC1. The molecule has 2 unspecified atom stereocenters. The van der Waals surface area contributed by atoms with Crippen LogP contribution in [0.2, 0.25) is 0 Å². The lowest BCUT2D eigenvalue weighted by Crippen LogP contribution is -2.35. The van der Waals surface area contributed by atoms with E-state index < -0.39 is 0 Å². The van der Waals surface area contributed by atoms with Crippen LogP contribution >= 0.6 is 0 Å². The lowest BCUT2D eigenvalue weighted by molar-refractivity contribution is 0.0492. The van der Waals surface area contributed by atoms with Gasteiger partial charge in [-0.3, -0.25) is 4.68 Å². The lowest BCUT2D eigenvalue weighted by Gasteiger charge is -2.25. The minimum Gasteiger partial charge on any atom is -0.379 e. The van der Waals surface area contributed by atoms with Crippen LogP contribution in [0.25, 0.3) is 0 Å². The van der Waals surface area contributed by atoms with Gasteiger partial charge in [0.15, 0.2) is 0 Å². The van der Waals surface area contributed by atoms with Crippen molar-refractivity contribution in [2.24, 2.45) is 13.0 Å². The summed E-state index contributed by atoms with van der Waals surface area (Å²) in [5.74, 6) is 0.705. The second-order valence-electron chi connectivity index (χ2n) is 4.88. The molecule has 1 fully saturated rings. The van der Waals surface area contributed by atoms with E-state index in [1.165, 1.54) is 12.8 Å². The van der Waals surface area contributed by atoms with Crippen molar-refractivity contribution in [3.8, 4) is 0 Å². The van der Waals surface area contributed by atoms with Crippen molar-refractivity contribution in [2.75, 3.05) is 13.7 Å². The van der Waals surface area contributed by atoms with E-state index in [9.17, 15) is 0 Å². The zero-order valence-corrected chi connectivity index (χ0v) is 11.0. The van der Waals surface area contributed by atoms with Gasteiger partial charge in [-0.05, 0) is 37.8 Å². The highest BCUT2D eigenvalue weighted by Gasteiger charge is 2.38. The van der Waals surface area contributed by atoms with E-state index in [1.807, 2.05) is 25.0 Å². The van der Waals surface area contributed by atoms with Gasteiger partial charge in [0, 0.05) is 20.4 Å². The average molecular weight is 237 g/mol. The molecular weight excluding hydrogens is 214 g/mol. The number of rotatable bonds is 7. The normalized spacial score (nSPS) is 19.2. The molecule has 1 aliphatic carbocycles. The van der Waals surface area contributed by atoms with Gasteiger partial charge in [-0.25, -0.2) is 0 Å². The standard InChI is InChI=1S/C13H23N3O/c1-4-8-14-12(11-7-9-16(2)15-11)13(17-3)10-5-6-10/h7,9-10,12-14H,4-6,8H2,1-3H3. The van der Waals surface area contributed by atoms with E-state index in [-0.39, 0.29) is 12.1 Å². The molecule has 1 aliphatic rings. The zero-order chi connectivity index (χ0) is 12.3. The van der Waals surface area contributed by atoms with Crippen LogP contribution in [0.3, 0.4) is 0 Å². The molecule has 17 heavy (non-hydrogen) atoms. The first-order valence-corrected chi connectivity index (χ1v) is 6.52. The summed E-state index contributed by atoms with van der Waals surface area (Å²) < 4.78 is 7.54. The molecule has 0 spiro atoms. The zero-order valence-electron chi connectivity index (χ0n) is 11.0. The maximum Gasteiger partial charge on any atom is 0.0820 e. The average Bonchev–Trinajstić information content (AvgIpc) is 3.07. The van der Waals surface area contributed by atoms with Crippen molar-refractivity contribution in [3.05, 3.63) is 18.0 Å². The molecule has 0 radical (unpaired) electrons. The Hall–Kier alpha value is -0.870. The predicted molar refractivity (Wildman–Crippen MR) is 67.8 cm³/mol. The first-order valence-electron chi connectivity index (χ1n) is 6.52. The van der Waals surface area contributed by atoms with E-state index in [1.54, 1.807) is 0 Å². The summed E-state index contributed by atoms with van der Waals surface area (Å²) in [6, 6.07) is 2.32. The first kappa shape index (κ1) is 12.6. The molecule has 1 aromatic rings. The van der Waals surface area contributed by atoms with Crippen LogP contribution in [0.4, 0.5) is 0 Å². The van der Waals surface area contributed by atoms with Gasteiger partial charge in [0.05, 0.1) is 17.8 Å². The Morgan fingerprint density at radius 1 is 1.59 bits per heavy atom. The van der Waals surface area contributed by atoms with E-state index in [0.29, 0.717) is 5.92 Å². The van der Waals surface area contributed by atoms with Gasteiger partial charge >= 0.3 is 0 Å². The molecule has 0 amide bonds. The number of aryl methyl sites for hydroxylation is 1. The number of aromatic nitrogens is 2. The van der Waals surface area contributed by atoms with Crippen LogP contribution in [-0.4, -0.2) is 29.5 Å². The molecule has 1 saturated carbocycles. The summed E-state index contributed by atoms with van der Waals surface area (Å²) in [6.07, 6.45) is 5.96. The Kier molecular flexibility index (Phi) is 4.18. The van der Waals surface area contributed by atoms with Crippen LogP contribution in [0.5, 0.6) is 0 Å². The number of hydrogen-bond acceptors (Lipinski definition) is 3. The fourth-order valence-corrected chi connectivity index (χ4v) is 2.31. The highest BCUT2D eigenvalue weighted by atomic mass is 16.5. The minimum absolute atomic E-state index is 0.230. The lowest BCUT2D eigenvalue weighted by atomic mass is 10.0. The molecule has 2 rings (SSSR count). The van der Waals surface area contributed by atoms with Gasteiger partial charge in [0.1, 0.15) is 0 Å².